The van der Waals surface area contributed by atoms with Crippen molar-refractivity contribution in [3.63, 3.8) is 0 Å². The Bertz CT molecular complexity index is 813. The summed E-state index contributed by atoms with van der Waals surface area (Å²) in [7, 11) is 0. The van der Waals surface area contributed by atoms with E-state index in [1.807, 2.05) is 24.3 Å². The third-order valence-electron chi connectivity index (χ3n) is 3.93. The fraction of sp³-hybridized carbons (Fsp3) is 0.263. The van der Waals surface area contributed by atoms with E-state index in [1.54, 1.807) is 36.0 Å². The summed E-state index contributed by atoms with van der Waals surface area (Å²) in [6.45, 7) is 0.826. The Balaban J connectivity index is 1.71. The summed E-state index contributed by atoms with van der Waals surface area (Å²) in [4.78, 5) is 13.6. The van der Waals surface area contributed by atoms with Gasteiger partial charge in [0.05, 0.1) is 22.3 Å². The molecule has 1 fully saturated rings. The highest BCUT2D eigenvalue weighted by Crippen LogP contribution is 2.28. The SMILES string of the molecule is N#Cc1ccc(NC(=O)c2ccccc2SC[C@@H]2CCCO2)cc1Cl. The fourth-order valence-corrected chi connectivity index (χ4v) is 3.96. The van der Waals surface area contributed by atoms with E-state index in [1.165, 1.54) is 0 Å². The average molecular weight is 373 g/mol. The number of hydrogen-bond acceptors (Lipinski definition) is 4. The second kappa shape index (κ2) is 8.39. The Hall–Kier alpha value is -2.00. The maximum Gasteiger partial charge on any atom is 0.256 e. The van der Waals surface area contributed by atoms with Gasteiger partial charge in [0, 0.05) is 22.9 Å². The molecule has 0 saturated carbocycles. The number of hydrogen-bond donors (Lipinski definition) is 1. The summed E-state index contributed by atoms with van der Waals surface area (Å²) in [6, 6.07) is 14.4. The summed E-state index contributed by atoms with van der Waals surface area (Å²) < 4.78 is 5.64. The number of anilines is 1. The normalized spacial score (nSPS) is 16.4. The number of nitrogens with zero attached hydrogens (tertiary/aromatic N) is 1. The van der Waals surface area contributed by atoms with E-state index in [2.05, 4.69) is 5.32 Å². The van der Waals surface area contributed by atoms with Crippen LogP contribution < -0.4 is 5.32 Å². The number of ether oxygens (including phenoxy) is 1. The maximum atomic E-state index is 12.6. The number of rotatable bonds is 5. The first-order valence-corrected chi connectivity index (χ1v) is 9.38. The number of nitriles is 1. The number of benzene rings is 2. The minimum absolute atomic E-state index is 0.198. The van der Waals surface area contributed by atoms with Gasteiger partial charge in [0.15, 0.2) is 0 Å². The molecular formula is C19H17ClN2O2S. The highest BCUT2D eigenvalue weighted by molar-refractivity contribution is 7.99. The number of halogens is 1. The number of amides is 1. The molecule has 1 aliphatic heterocycles. The lowest BCUT2D eigenvalue weighted by atomic mass is 10.2. The van der Waals surface area contributed by atoms with Crippen molar-refractivity contribution in [3.05, 3.63) is 58.6 Å². The molecule has 1 saturated heterocycles. The summed E-state index contributed by atoms with van der Waals surface area (Å²) in [6.07, 6.45) is 2.44. The van der Waals surface area contributed by atoms with E-state index in [0.717, 1.165) is 30.1 Å². The van der Waals surface area contributed by atoms with Crippen LogP contribution in [0.4, 0.5) is 5.69 Å². The predicted molar refractivity (Wildman–Crippen MR) is 100 cm³/mol. The van der Waals surface area contributed by atoms with Crippen molar-refractivity contribution in [2.75, 3.05) is 17.7 Å². The van der Waals surface area contributed by atoms with Gasteiger partial charge in [-0.25, -0.2) is 0 Å². The zero-order valence-corrected chi connectivity index (χ0v) is 15.1. The van der Waals surface area contributed by atoms with Gasteiger partial charge < -0.3 is 10.1 Å². The Kier molecular flexibility index (Phi) is 5.98. The molecule has 0 spiro atoms. The molecule has 1 atom stereocenters. The molecule has 0 aromatic heterocycles. The van der Waals surface area contributed by atoms with Crippen molar-refractivity contribution in [2.24, 2.45) is 0 Å². The lowest BCUT2D eigenvalue weighted by Crippen LogP contribution is -2.14. The van der Waals surface area contributed by atoms with Crippen molar-refractivity contribution in [3.8, 4) is 6.07 Å². The summed E-state index contributed by atoms with van der Waals surface area (Å²) in [5, 5.41) is 12.1. The van der Waals surface area contributed by atoms with Gasteiger partial charge in [-0.3, -0.25) is 4.79 Å². The Morgan fingerprint density at radius 2 is 2.20 bits per heavy atom. The Labute approximate surface area is 156 Å². The van der Waals surface area contributed by atoms with Crippen LogP contribution in [0.5, 0.6) is 0 Å². The van der Waals surface area contributed by atoms with Gasteiger partial charge in [-0.05, 0) is 43.2 Å². The van der Waals surface area contributed by atoms with E-state index in [9.17, 15) is 4.79 Å². The van der Waals surface area contributed by atoms with E-state index in [0.29, 0.717) is 21.8 Å². The predicted octanol–water partition coefficient (Wildman–Crippen LogP) is 4.74. The molecule has 1 amide bonds. The second-order valence-corrected chi connectivity index (χ2v) is 7.17. The van der Waals surface area contributed by atoms with Crippen molar-refractivity contribution in [1.82, 2.24) is 0 Å². The number of nitrogens with one attached hydrogen (secondary N) is 1. The second-order valence-electron chi connectivity index (χ2n) is 5.70. The molecule has 1 aliphatic rings. The number of carbonyl (C=O) groups is 1. The molecule has 4 nitrogen and oxygen atoms in total. The van der Waals surface area contributed by atoms with Crippen LogP contribution in [0.3, 0.4) is 0 Å². The minimum Gasteiger partial charge on any atom is -0.377 e. The monoisotopic (exact) mass is 372 g/mol. The van der Waals surface area contributed by atoms with E-state index < -0.39 is 0 Å². The van der Waals surface area contributed by atoms with Crippen molar-refractivity contribution >= 4 is 35.0 Å². The molecule has 0 radical (unpaired) electrons. The number of carbonyl (C=O) groups excluding carboxylic acids is 1. The molecule has 1 N–H and O–H groups in total. The first kappa shape index (κ1) is 17.8. The Morgan fingerprint density at radius 1 is 1.36 bits per heavy atom. The van der Waals surface area contributed by atoms with Gasteiger partial charge in [-0.2, -0.15) is 5.26 Å². The number of thioether (sulfide) groups is 1. The van der Waals surface area contributed by atoms with E-state index in [-0.39, 0.29) is 12.0 Å². The van der Waals surface area contributed by atoms with Crippen molar-refractivity contribution in [1.29, 1.82) is 5.26 Å². The summed E-state index contributed by atoms with van der Waals surface area (Å²) in [5.74, 6) is 0.642. The average Bonchev–Trinajstić information content (AvgIpc) is 3.14. The smallest absolute Gasteiger partial charge is 0.256 e. The maximum absolute atomic E-state index is 12.6. The van der Waals surface area contributed by atoms with Gasteiger partial charge in [0.25, 0.3) is 5.91 Å². The molecule has 3 rings (SSSR count). The van der Waals surface area contributed by atoms with Crippen LogP contribution in [0, 0.1) is 11.3 Å². The molecule has 128 valence electrons. The first-order chi connectivity index (χ1) is 12.2. The van der Waals surface area contributed by atoms with Gasteiger partial charge in [0.2, 0.25) is 0 Å². The van der Waals surface area contributed by atoms with Crippen molar-refractivity contribution < 1.29 is 9.53 Å². The lowest BCUT2D eigenvalue weighted by molar-refractivity contribution is 0.102. The molecule has 0 bridgehead atoms. The molecule has 2 aromatic carbocycles. The van der Waals surface area contributed by atoms with Gasteiger partial charge in [-0.15, -0.1) is 11.8 Å². The van der Waals surface area contributed by atoms with Crippen LogP contribution in [0.2, 0.25) is 5.02 Å². The van der Waals surface area contributed by atoms with Gasteiger partial charge >= 0.3 is 0 Å². The molecule has 0 aliphatic carbocycles. The van der Waals surface area contributed by atoms with Crippen LogP contribution in [-0.4, -0.2) is 24.4 Å². The molecular weight excluding hydrogens is 356 g/mol. The molecule has 1 heterocycles. The molecule has 6 heteroatoms. The van der Waals surface area contributed by atoms with E-state index >= 15 is 0 Å². The van der Waals surface area contributed by atoms with Gasteiger partial charge in [0.1, 0.15) is 6.07 Å². The molecule has 0 unspecified atom stereocenters. The Morgan fingerprint density at radius 3 is 2.92 bits per heavy atom. The summed E-state index contributed by atoms with van der Waals surface area (Å²) in [5.41, 5.74) is 1.56. The zero-order valence-electron chi connectivity index (χ0n) is 13.5. The van der Waals surface area contributed by atoms with Crippen LogP contribution in [0.15, 0.2) is 47.4 Å². The van der Waals surface area contributed by atoms with Crippen LogP contribution in [0.1, 0.15) is 28.8 Å². The van der Waals surface area contributed by atoms with Crippen LogP contribution in [0.25, 0.3) is 0 Å². The standard InChI is InChI=1S/C19H17ClN2O2S/c20-17-10-14(8-7-13(17)11-21)22-19(23)16-5-1-2-6-18(16)25-12-15-4-3-9-24-15/h1-2,5-8,10,15H,3-4,9,12H2,(H,22,23)/t15-/m0/s1. The lowest BCUT2D eigenvalue weighted by Gasteiger charge is -2.12. The summed E-state index contributed by atoms with van der Waals surface area (Å²) >= 11 is 7.66. The highest BCUT2D eigenvalue weighted by atomic mass is 35.5. The largest absolute Gasteiger partial charge is 0.377 e. The molecule has 2 aromatic rings. The van der Waals surface area contributed by atoms with E-state index in [4.69, 9.17) is 21.6 Å². The van der Waals surface area contributed by atoms with Gasteiger partial charge in [-0.1, -0.05) is 23.7 Å². The third-order valence-corrected chi connectivity index (χ3v) is 5.45. The first-order valence-electron chi connectivity index (χ1n) is 8.02. The highest BCUT2D eigenvalue weighted by Gasteiger charge is 2.18. The molecule has 25 heavy (non-hydrogen) atoms. The van der Waals surface area contributed by atoms with Crippen LogP contribution >= 0.6 is 23.4 Å². The zero-order chi connectivity index (χ0) is 17.6. The fourth-order valence-electron chi connectivity index (χ4n) is 2.62. The van der Waals surface area contributed by atoms with Crippen molar-refractivity contribution in [2.45, 2.75) is 23.8 Å². The minimum atomic E-state index is -0.198. The van der Waals surface area contributed by atoms with Crippen LogP contribution in [-0.2, 0) is 4.74 Å². The third kappa shape index (κ3) is 4.55. The topological polar surface area (TPSA) is 62.1 Å². The quantitative estimate of drug-likeness (QED) is 0.770.